The molecule has 0 aromatic heterocycles. The van der Waals surface area contributed by atoms with Crippen LogP contribution in [0, 0.1) is 11.8 Å². The number of hydrogen-bond donors (Lipinski definition) is 0. The summed E-state index contributed by atoms with van der Waals surface area (Å²) in [6.07, 6.45) is 15.6. The van der Waals surface area contributed by atoms with Crippen LogP contribution >= 0.6 is 0 Å². The second-order valence-corrected chi connectivity index (χ2v) is 8.61. The van der Waals surface area contributed by atoms with E-state index >= 15 is 0 Å². The molecule has 0 aromatic rings. The van der Waals surface area contributed by atoms with Crippen molar-refractivity contribution in [3.05, 3.63) is 25.3 Å². The first-order valence-electron chi connectivity index (χ1n) is 12.4. The molecule has 184 valence electrons. The Morgan fingerprint density at radius 1 is 0.594 bits per heavy atom. The molecule has 0 saturated heterocycles. The summed E-state index contributed by atoms with van der Waals surface area (Å²) < 4.78 is 21.7. The van der Waals surface area contributed by atoms with Crippen LogP contribution in [0.3, 0.4) is 0 Å². The Bertz CT molecular complexity index is 464. The van der Waals surface area contributed by atoms with E-state index in [1.54, 1.807) is 0 Å². The first kappa shape index (κ1) is 28.4. The van der Waals surface area contributed by atoms with Gasteiger partial charge in [0.1, 0.15) is 0 Å². The van der Waals surface area contributed by atoms with Gasteiger partial charge in [-0.3, -0.25) is 0 Å². The highest BCUT2D eigenvalue weighted by atomic mass is 16.5. The minimum absolute atomic E-state index is 0.341. The first-order chi connectivity index (χ1) is 15.7. The molecule has 32 heavy (non-hydrogen) atoms. The van der Waals surface area contributed by atoms with Crippen LogP contribution in [0.15, 0.2) is 25.3 Å². The minimum atomic E-state index is -0.341. The van der Waals surface area contributed by atoms with Crippen molar-refractivity contribution in [1.82, 2.24) is 0 Å². The van der Waals surface area contributed by atoms with Crippen LogP contribution in [0.4, 0.5) is 0 Å². The molecule has 0 bridgehead atoms. The number of carbonyl (C=O) groups excluding carboxylic acids is 2. The van der Waals surface area contributed by atoms with Gasteiger partial charge in [0.05, 0.1) is 13.2 Å². The summed E-state index contributed by atoms with van der Waals surface area (Å²) in [5.74, 6) is 0.707. The van der Waals surface area contributed by atoms with Crippen molar-refractivity contribution in [3.8, 4) is 0 Å². The molecule has 6 heteroatoms. The van der Waals surface area contributed by atoms with E-state index in [0.29, 0.717) is 25.0 Å². The van der Waals surface area contributed by atoms with Gasteiger partial charge in [-0.25, -0.2) is 9.59 Å². The van der Waals surface area contributed by atoms with Gasteiger partial charge in [0.2, 0.25) is 0 Å². The average Bonchev–Trinajstić information content (AvgIpc) is 2.82. The maximum atomic E-state index is 10.9. The molecule has 0 spiro atoms. The van der Waals surface area contributed by atoms with E-state index in [1.165, 1.54) is 37.8 Å². The SMILES string of the molecule is C=CC(=O)OCCCCCCOCC1CCC(COCCCCCCOC(=O)C=C)CC1. The lowest BCUT2D eigenvalue weighted by Crippen LogP contribution is -2.22. The van der Waals surface area contributed by atoms with Gasteiger partial charge in [0, 0.05) is 38.6 Å². The van der Waals surface area contributed by atoms with Gasteiger partial charge in [0.25, 0.3) is 0 Å². The zero-order valence-corrected chi connectivity index (χ0v) is 19.9. The number of ether oxygens (including phenoxy) is 4. The molecule has 0 aromatic carbocycles. The zero-order valence-electron chi connectivity index (χ0n) is 19.9. The van der Waals surface area contributed by atoms with Gasteiger partial charge >= 0.3 is 11.9 Å². The lowest BCUT2D eigenvalue weighted by Gasteiger charge is -2.28. The van der Waals surface area contributed by atoms with Crippen LogP contribution in [0.2, 0.25) is 0 Å². The van der Waals surface area contributed by atoms with Gasteiger partial charge in [-0.1, -0.05) is 26.0 Å². The predicted molar refractivity (Wildman–Crippen MR) is 126 cm³/mol. The monoisotopic (exact) mass is 452 g/mol. The highest BCUT2D eigenvalue weighted by Gasteiger charge is 2.21. The summed E-state index contributed by atoms with van der Waals surface area (Å²) in [5.41, 5.74) is 0. The fourth-order valence-electron chi connectivity index (χ4n) is 3.85. The molecule has 0 N–H and O–H groups in total. The molecule has 0 amide bonds. The second-order valence-electron chi connectivity index (χ2n) is 8.61. The lowest BCUT2D eigenvalue weighted by molar-refractivity contribution is -0.138. The van der Waals surface area contributed by atoms with Crippen molar-refractivity contribution in [1.29, 1.82) is 0 Å². The number of hydrogen-bond acceptors (Lipinski definition) is 6. The summed E-state index contributed by atoms with van der Waals surface area (Å²) >= 11 is 0. The Kier molecular flexibility index (Phi) is 17.7. The number of rotatable bonds is 20. The van der Waals surface area contributed by atoms with E-state index in [0.717, 1.165) is 77.8 Å². The molecule has 1 saturated carbocycles. The van der Waals surface area contributed by atoms with Crippen LogP contribution < -0.4 is 0 Å². The molecule has 0 atom stereocenters. The molecular formula is C26H44O6. The van der Waals surface area contributed by atoms with Crippen molar-refractivity contribution < 1.29 is 28.5 Å². The predicted octanol–water partition coefficient (Wildman–Crippen LogP) is 5.41. The fourth-order valence-corrected chi connectivity index (χ4v) is 3.85. The molecule has 1 rings (SSSR count). The molecule has 0 unspecified atom stereocenters. The Labute approximate surface area is 194 Å². The quantitative estimate of drug-likeness (QED) is 0.140. The van der Waals surface area contributed by atoms with E-state index in [1.807, 2.05) is 0 Å². The number of carbonyl (C=O) groups is 2. The summed E-state index contributed by atoms with van der Waals surface area (Å²) in [6, 6.07) is 0. The highest BCUT2D eigenvalue weighted by Crippen LogP contribution is 2.29. The van der Waals surface area contributed by atoms with Crippen molar-refractivity contribution >= 4 is 11.9 Å². The molecular weight excluding hydrogens is 408 g/mol. The zero-order chi connectivity index (χ0) is 23.3. The van der Waals surface area contributed by atoms with Gasteiger partial charge < -0.3 is 18.9 Å². The Balaban J connectivity index is 1.83. The standard InChI is InChI=1S/C26H44O6/c1-3-25(27)31-19-11-7-5-9-17-29-21-23-13-15-24(16-14-23)22-30-18-10-6-8-12-20-32-26(28)4-2/h3-4,23-24H,1-2,5-22H2. The van der Waals surface area contributed by atoms with Gasteiger partial charge in [-0.05, 0) is 76.0 Å². The number of esters is 2. The molecule has 1 aliphatic rings. The van der Waals surface area contributed by atoms with Gasteiger partial charge in [0.15, 0.2) is 0 Å². The maximum Gasteiger partial charge on any atom is 0.330 e. The Morgan fingerprint density at radius 3 is 1.28 bits per heavy atom. The van der Waals surface area contributed by atoms with E-state index in [-0.39, 0.29) is 11.9 Å². The molecule has 1 aliphatic carbocycles. The van der Waals surface area contributed by atoms with E-state index < -0.39 is 0 Å². The smallest absolute Gasteiger partial charge is 0.330 e. The van der Waals surface area contributed by atoms with E-state index in [2.05, 4.69) is 13.2 Å². The molecule has 0 heterocycles. The largest absolute Gasteiger partial charge is 0.463 e. The Morgan fingerprint density at radius 2 is 0.938 bits per heavy atom. The lowest BCUT2D eigenvalue weighted by atomic mass is 9.83. The van der Waals surface area contributed by atoms with Crippen LogP contribution in [0.5, 0.6) is 0 Å². The first-order valence-corrected chi connectivity index (χ1v) is 12.4. The van der Waals surface area contributed by atoms with Crippen LogP contribution in [0.1, 0.15) is 77.0 Å². The van der Waals surface area contributed by atoms with Gasteiger partial charge in [-0.15, -0.1) is 0 Å². The molecule has 6 nitrogen and oxygen atoms in total. The van der Waals surface area contributed by atoms with Crippen molar-refractivity contribution in [2.24, 2.45) is 11.8 Å². The van der Waals surface area contributed by atoms with E-state index in [9.17, 15) is 9.59 Å². The average molecular weight is 453 g/mol. The second kappa shape index (κ2) is 20.0. The van der Waals surface area contributed by atoms with E-state index in [4.69, 9.17) is 18.9 Å². The van der Waals surface area contributed by atoms with Crippen molar-refractivity contribution in [2.75, 3.05) is 39.6 Å². The number of unbranched alkanes of at least 4 members (excludes halogenated alkanes) is 6. The van der Waals surface area contributed by atoms with Crippen molar-refractivity contribution in [2.45, 2.75) is 77.0 Å². The fraction of sp³-hybridized carbons (Fsp3) is 0.769. The molecule has 0 radical (unpaired) electrons. The Hall–Kier alpha value is -1.66. The van der Waals surface area contributed by atoms with Crippen LogP contribution in [0.25, 0.3) is 0 Å². The summed E-state index contributed by atoms with van der Waals surface area (Å²) in [5, 5.41) is 0. The summed E-state index contributed by atoms with van der Waals surface area (Å²) in [7, 11) is 0. The maximum absolute atomic E-state index is 10.9. The topological polar surface area (TPSA) is 71.1 Å². The van der Waals surface area contributed by atoms with Crippen molar-refractivity contribution in [3.63, 3.8) is 0 Å². The van der Waals surface area contributed by atoms with Crippen LogP contribution in [-0.4, -0.2) is 51.6 Å². The summed E-state index contributed by atoms with van der Waals surface area (Å²) in [4.78, 5) is 21.8. The highest BCUT2D eigenvalue weighted by molar-refractivity contribution is 5.81. The molecule has 1 fully saturated rings. The minimum Gasteiger partial charge on any atom is -0.463 e. The third-order valence-corrected chi connectivity index (χ3v) is 5.86. The normalized spacial score (nSPS) is 18.1. The summed E-state index contributed by atoms with van der Waals surface area (Å²) in [6.45, 7) is 11.1. The third kappa shape index (κ3) is 16.0. The van der Waals surface area contributed by atoms with Gasteiger partial charge in [-0.2, -0.15) is 0 Å². The molecule has 0 aliphatic heterocycles. The third-order valence-electron chi connectivity index (χ3n) is 5.86. The van der Waals surface area contributed by atoms with Crippen LogP contribution in [-0.2, 0) is 28.5 Å².